The van der Waals surface area contributed by atoms with Crippen LogP contribution in [0.3, 0.4) is 0 Å². The van der Waals surface area contributed by atoms with E-state index in [-0.39, 0.29) is 9.92 Å². The molecule has 0 fully saturated rings. The summed E-state index contributed by atoms with van der Waals surface area (Å²) in [5.74, 6) is 0. The van der Waals surface area contributed by atoms with Gasteiger partial charge in [-0.25, -0.2) is 4.98 Å². The van der Waals surface area contributed by atoms with E-state index in [4.69, 9.17) is 9.11 Å². The summed E-state index contributed by atoms with van der Waals surface area (Å²) in [5.41, 5.74) is 0. The maximum absolute atomic E-state index is 10.3. The average molecular weight is 318 g/mol. The molecular formula is C10H10N2O6S2. The summed E-state index contributed by atoms with van der Waals surface area (Å²) in [4.78, 5) is 6.74. The van der Waals surface area contributed by atoms with E-state index in [0.29, 0.717) is 0 Å². The van der Waals surface area contributed by atoms with Crippen LogP contribution in [0.2, 0.25) is 0 Å². The number of rotatable bonds is 2. The van der Waals surface area contributed by atoms with Crippen LogP contribution in [0.5, 0.6) is 0 Å². The Kier molecular flexibility index (Phi) is 5.27. The van der Waals surface area contributed by atoms with Crippen LogP contribution in [0.1, 0.15) is 0 Å². The highest BCUT2D eigenvalue weighted by molar-refractivity contribution is 7.86. The Morgan fingerprint density at radius 3 is 1.85 bits per heavy atom. The zero-order chi connectivity index (χ0) is 15.2. The molecule has 8 nitrogen and oxygen atoms in total. The van der Waals surface area contributed by atoms with Gasteiger partial charge in [-0.05, 0) is 24.3 Å². The molecule has 10 heteroatoms. The van der Waals surface area contributed by atoms with Crippen LogP contribution in [0.15, 0.2) is 58.8 Å². The lowest BCUT2D eigenvalue weighted by Crippen LogP contribution is -1.99. The number of hydrogen-bond donors (Lipinski definition) is 2. The summed E-state index contributed by atoms with van der Waals surface area (Å²) in [6.07, 6.45) is 3.80. The van der Waals surface area contributed by atoms with E-state index in [0.717, 1.165) is 6.20 Å². The van der Waals surface area contributed by atoms with Crippen molar-refractivity contribution in [1.82, 2.24) is 9.97 Å². The molecule has 2 rings (SSSR count). The van der Waals surface area contributed by atoms with Crippen molar-refractivity contribution in [2.24, 2.45) is 0 Å². The van der Waals surface area contributed by atoms with Crippen molar-refractivity contribution in [1.29, 1.82) is 0 Å². The molecule has 0 aromatic carbocycles. The topological polar surface area (TPSA) is 135 Å². The second kappa shape index (κ2) is 6.52. The SMILES string of the molecule is O=S(=O)(O)c1ccccn1.O=S(=O)(O)c1cccnc1. The molecule has 2 heterocycles. The summed E-state index contributed by atoms with van der Waals surface area (Å²) in [7, 11) is -8.18. The van der Waals surface area contributed by atoms with E-state index < -0.39 is 20.2 Å². The van der Waals surface area contributed by atoms with E-state index in [1.54, 1.807) is 6.07 Å². The average Bonchev–Trinajstić information content (AvgIpc) is 2.40. The third kappa shape index (κ3) is 5.40. The minimum Gasteiger partial charge on any atom is -0.282 e. The largest absolute Gasteiger partial charge is 0.312 e. The number of aromatic nitrogens is 2. The Bertz CT molecular complexity index is 677. The highest BCUT2D eigenvalue weighted by Crippen LogP contribution is 2.03. The summed E-state index contributed by atoms with van der Waals surface area (Å²) < 4.78 is 58.2. The van der Waals surface area contributed by atoms with Crippen LogP contribution in [0, 0.1) is 0 Å². The Hall–Kier alpha value is -1.88. The quantitative estimate of drug-likeness (QED) is 0.771. The van der Waals surface area contributed by atoms with E-state index in [9.17, 15) is 16.8 Å². The van der Waals surface area contributed by atoms with Gasteiger partial charge in [-0.15, -0.1) is 0 Å². The van der Waals surface area contributed by atoms with Gasteiger partial charge in [0.05, 0.1) is 0 Å². The fourth-order valence-corrected chi connectivity index (χ4v) is 1.89. The van der Waals surface area contributed by atoms with Crippen LogP contribution >= 0.6 is 0 Å². The Morgan fingerprint density at radius 1 is 0.850 bits per heavy atom. The molecule has 0 aliphatic carbocycles. The van der Waals surface area contributed by atoms with Gasteiger partial charge in [-0.1, -0.05) is 6.07 Å². The van der Waals surface area contributed by atoms with Gasteiger partial charge in [-0.2, -0.15) is 16.8 Å². The standard InChI is InChI=1S/2C5H5NO3S/c7-10(8,9)5-2-1-3-6-4-5;7-10(8,9)5-3-1-2-4-6-5/h2*1-4H,(H,7,8,9). The van der Waals surface area contributed by atoms with E-state index in [1.165, 1.54) is 36.7 Å². The van der Waals surface area contributed by atoms with Gasteiger partial charge in [-0.3, -0.25) is 14.1 Å². The van der Waals surface area contributed by atoms with Gasteiger partial charge in [0.15, 0.2) is 5.03 Å². The molecule has 0 aliphatic rings. The molecule has 20 heavy (non-hydrogen) atoms. The summed E-state index contributed by atoms with van der Waals surface area (Å²) in [6.45, 7) is 0. The smallest absolute Gasteiger partial charge is 0.282 e. The predicted octanol–water partition coefficient (Wildman–Crippen LogP) is 0.657. The van der Waals surface area contributed by atoms with Crippen LogP contribution < -0.4 is 0 Å². The number of pyridine rings is 2. The molecule has 0 aliphatic heterocycles. The minimum absolute atomic E-state index is 0.185. The maximum atomic E-state index is 10.3. The third-order valence-electron chi connectivity index (χ3n) is 1.83. The molecule has 0 spiro atoms. The summed E-state index contributed by atoms with van der Waals surface area (Å²) in [6, 6.07) is 6.96. The van der Waals surface area contributed by atoms with Crippen LogP contribution in [-0.4, -0.2) is 35.9 Å². The second-order valence-corrected chi connectivity index (χ2v) is 6.10. The highest BCUT2D eigenvalue weighted by atomic mass is 32.2. The normalized spacial score (nSPS) is 11.3. The molecule has 2 N–H and O–H groups in total. The Labute approximate surface area is 115 Å². The lowest BCUT2D eigenvalue weighted by molar-refractivity contribution is 0.478. The second-order valence-electron chi connectivity index (χ2n) is 3.31. The van der Waals surface area contributed by atoms with Gasteiger partial charge in [0.2, 0.25) is 0 Å². The van der Waals surface area contributed by atoms with Crippen molar-refractivity contribution in [3.05, 3.63) is 48.9 Å². The first-order valence-electron chi connectivity index (χ1n) is 4.97. The lowest BCUT2D eigenvalue weighted by Gasteiger charge is -1.91. The van der Waals surface area contributed by atoms with Gasteiger partial charge in [0.1, 0.15) is 4.90 Å². The van der Waals surface area contributed by atoms with Crippen molar-refractivity contribution in [2.45, 2.75) is 9.92 Å². The van der Waals surface area contributed by atoms with Crippen LogP contribution in [0.25, 0.3) is 0 Å². The van der Waals surface area contributed by atoms with Gasteiger partial charge in [0, 0.05) is 18.6 Å². The number of hydrogen-bond acceptors (Lipinski definition) is 6. The third-order valence-corrected chi connectivity index (χ3v) is 3.44. The first-order chi connectivity index (χ1) is 9.21. The molecule has 0 radical (unpaired) electrons. The fourth-order valence-electron chi connectivity index (χ4n) is 0.999. The maximum Gasteiger partial charge on any atom is 0.312 e. The van der Waals surface area contributed by atoms with Crippen molar-refractivity contribution in [3.63, 3.8) is 0 Å². The first kappa shape index (κ1) is 16.2. The zero-order valence-corrected chi connectivity index (χ0v) is 11.5. The molecule has 108 valence electrons. The molecular weight excluding hydrogens is 308 g/mol. The minimum atomic E-state index is -4.11. The molecule has 0 saturated carbocycles. The summed E-state index contributed by atoms with van der Waals surface area (Å²) >= 11 is 0. The van der Waals surface area contributed by atoms with E-state index in [1.807, 2.05) is 0 Å². The van der Waals surface area contributed by atoms with Crippen molar-refractivity contribution < 1.29 is 25.9 Å². The molecule has 2 aromatic rings. The van der Waals surface area contributed by atoms with Gasteiger partial charge < -0.3 is 0 Å². The highest BCUT2D eigenvalue weighted by Gasteiger charge is 2.08. The van der Waals surface area contributed by atoms with Gasteiger partial charge >= 0.3 is 10.1 Å². The summed E-state index contributed by atoms with van der Waals surface area (Å²) in [5, 5.41) is -0.324. The van der Waals surface area contributed by atoms with Crippen molar-refractivity contribution in [3.8, 4) is 0 Å². The monoisotopic (exact) mass is 318 g/mol. The predicted molar refractivity (Wildman–Crippen MR) is 68.1 cm³/mol. The van der Waals surface area contributed by atoms with Crippen LogP contribution in [0.4, 0.5) is 0 Å². The fraction of sp³-hybridized carbons (Fsp3) is 0. The molecule has 0 unspecified atom stereocenters. The first-order valence-corrected chi connectivity index (χ1v) is 7.85. The zero-order valence-electron chi connectivity index (χ0n) is 9.86. The molecule has 2 aromatic heterocycles. The Morgan fingerprint density at radius 2 is 1.55 bits per heavy atom. The molecule has 0 saturated heterocycles. The van der Waals surface area contributed by atoms with Gasteiger partial charge in [0.25, 0.3) is 10.1 Å². The van der Waals surface area contributed by atoms with Crippen LogP contribution in [-0.2, 0) is 20.2 Å². The lowest BCUT2D eigenvalue weighted by atomic mass is 10.5. The Balaban J connectivity index is 0.000000200. The van der Waals surface area contributed by atoms with Crippen molar-refractivity contribution in [2.75, 3.05) is 0 Å². The van der Waals surface area contributed by atoms with Crippen molar-refractivity contribution >= 4 is 20.2 Å². The molecule has 0 bridgehead atoms. The number of nitrogens with zero attached hydrogens (tertiary/aromatic N) is 2. The van der Waals surface area contributed by atoms with E-state index in [2.05, 4.69) is 9.97 Å². The molecule has 0 amide bonds. The van der Waals surface area contributed by atoms with E-state index >= 15 is 0 Å². The molecule has 0 atom stereocenters.